The first-order valence-corrected chi connectivity index (χ1v) is 5.01. The van der Waals surface area contributed by atoms with Crippen molar-refractivity contribution in [3.63, 3.8) is 0 Å². The predicted molar refractivity (Wildman–Crippen MR) is 54.2 cm³/mol. The molecule has 1 aromatic heterocycles. The molecule has 10 heteroatoms. The summed E-state index contributed by atoms with van der Waals surface area (Å²) in [5.41, 5.74) is -1.13. The summed E-state index contributed by atoms with van der Waals surface area (Å²) in [5, 5.41) is 13.7. The lowest BCUT2D eigenvalue weighted by Crippen LogP contribution is -2.11. The molecule has 5 nitrogen and oxygen atoms in total. The second-order valence-electron chi connectivity index (χ2n) is 3.68. The third-order valence-electron chi connectivity index (χ3n) is 2.43. The Labute approximate surface area is 107 Å². The predicted octanol–water partition coefficient (Wildman–Crippen LogP) is 2.54. The molecule has 106 valence electrons. The Hall–Kier alpha value is -2.52. The Morgan fingerprint density at radius 3 is 2.00 bits per heavy atom. The summed E-state index contributed by atoms with van der Waals surface area (Å²) < 4.78 is 66.1. The minimum absolute atomic E-state index is 0.617. The first-order chi connectivity index (χ1) is 9.32. The van der Waals surface area contributed by atoms with Crippen LogP contribution in [0.5, 0.6) is 0 Å². The molecule has 0 unspecified atom stereocenters. The summed E-state index contributed by atoms with van der Waals surface area (Å²) in [6.45, 7) is -0.834. The summed E-state index contributed by atoms with van der Waals surface area (Å²) in [6.07, 6.45) is 0.982. The SMILES string of the molecule is O=[N+]([O-])c1ccn(Cc2c(F)c(F)c(F)c(F)c2F)n1. The van der Waals surface area contributed by atoms with Gasteiger partial charge in [0, 0.05) is 0 Å². The minimum Gasteiger partial charge on any atom is -0.358 e. The maximum Gasteiger partial charge on any atom is 0.389 e. The fourth-order valence-corrected chi connectivity index (χ4v) is 1.49. The van der Waals surface area contributed by atoms with Crippen LogP contribution in [0.15, 0.2) is 12.3 Å². The standard InChI is InChI=1S/C10H4F5N3O2/c11-6-4(7(12)9(14)10(15)8(6)13)3-17-2-1-5(16-17)18(19)20/h1-2H,3H2. The van der Waals surface area contributed by atoms with Crippen LogP contribution in [0.4, 0.5) is 27.8 Å². The second-order valence-corrected chi connectivity index (χ2v) is 3.68. The number of benzene rings is 1. The van der Waals surface area contributed by atoms with Crippen LogP contribution in [0.2, 0.25) is 0 Å². The van der Waals surface area contributed by atoms with E-state index in [1.54, 1.807) is 0 Å². The largest absolute Gasteiger partial charge is 0.389 e. The lowest BCUT2D eigenvalue weighted by molar-refractivity contribution is -0.389. The van der Waals surface area contributed by atoms with E-state index in [1.807, 2.05) is 0 Å². The molecule has 1 heterocycles. The van der Waals surface area contributed by atoms with Gasteiger partial charge in [-0.25, -0.2) is 22.0 Å². The van der Waals surface area contributed by atoms with Crippen LogP contribution in [0.3, 0.4) is 0 Å². The summed E-state index contributed by atoms with van der Waals surface area (Å²) in [6, 6.07) is 0.923. The molecule has 0 aliphatic rings. The molecule has 0 aliphatic heterocycles. The third kappa shape index (κ3) is 2.19. The summed E-state index contributed by atoms with van der Waals surface area (Å²) >= 11 is 0. The van der Waals surface area contributed by atoms with E-state index >= 15 is 0 Å². The summed E-state index contributed by atoms with van der Waals surface area (Å²) in [4.78, 5) is 9.50. The van der Waals surface area contributed by atoms with Crippen molar-refractivity contribution in [2.24, 2.45) is 0 Å². The molecule has 0 spiro atoms. The van der Waals surface area contributed by atoms with Gasteiger partial charge >= 0.3 is 5.82 Å². The number of nitro groups is 1. The molecule has 0 amide bonds. The molecule has 0 saturated heterocycles. The fourth-order valence-electron chi connectivity index (χ4n) is 1.49. The van der Waals surface area contributed by atoms with Gasteiger partial charge in [-0.15, -0.1) is 0 Å². The Morgan fingerprint density at radius 2 is 1.55 bits per heavy atom. The average Bonchev–Trinajstić information content (AvgIpc) is 2.88. The molecule has 0 fully saturated rings. The van der Waals surface area contributed by atoms with Gasteiger partial charge in [-0.2, -0.15) is 4.68 Å². The van der Waals surface area contributed by atoms with Gasteiger partial charge in [-0.3, -0.25) is 0 Å². The van der Waals surface area contributed by atoms with Crippen molar-refractivity contribution in [2.75, 3.05) is 0 Å². The van der Waals surface area contributed by atoms with Crippen molar-refractivity contribution in [2.45, 2.75) is 6.54 Å². The average molecular weight is 293 g/mol. The first-order valence-electron chi connectivity index (χ1n) is 5.01. The highest BCUT2D eigenvalue weighted by Gasteiger charge is 2.26. The van der Waals surface area contributed by atoms with Crippen molar-refractivity contribution in [3.8, 4) is 0 Å². The molecule has 0 saturated carbocycles. The summed E-state index contributed by atoms with van der Waals surface area (Å²) in [5.74, 6) is -11.1. The van der Waals surface area contributed by atoms with E-state index < -0.39 is 51.9 Å². The van der Waals surface area contributed by atoms with Gasteiger partial charge in [-0.1, -0.05) is 0 Å². The van der Waals surface area contributed by atoms with E-state index in [-0.39, 0.29) is 0 Å². The second kappa shape index (κ2) is 4.87. The van der Waals surface area contributed by atoms with Gasteiger partial charge in [0.15, 0.2) is 23.3 Å². The molecule has 2 rings (SSSR count). The van der Waals surface area contributed by atoms with Crippen LogP contribution < -0.4 is 0 Å². The van der Waals surface area contributed by atoms with Crippen LogP contribution in [0.25, 0.3) is 0 Å². The first kappa shape index (κ1) is 13.9. The molecule has 0 N–H and O–H groups in total. The van der Waals surface area contributed by atoms with E-state index in [2.05, 4.69) is 5.10 Å². The Morgan fingerprint density at radius 1 is 1.05 bits per heavy atom. The van der Waals surface area contributed by atoms with E-state index in [4.69, 9.17) is 0 Å². The van der Waals surface area contributed by atoms with Crippen LogP contribution in [0.1, 0.15) is 5.56 Å². The van der Waals surface area contributed by atoms with E-state index in [0.717, 1.165) is 12.3 Å². The van der Waals surface area contributed by atoms with Crippen molar-refractivity contribution < 1.29 is 26.9 Å². The topological polar surface area (TPSA) is 61.0 Å². The zero-order valence-electron chi connectivity index (χ0n) is 9.41. The molecule has 2 aromatic rings. The molecule has 0 radical (unpaired) electrons. The number of hydrogen-bond donors (Lipinski definition) is 0. The van der Waals surface area contributed by atoms with Crippen molar-refractivity contribution in [1.29, 1.82) is 0 Å². The molecular weight excluding hydrogens is 289 g/mol. The lowest BCUT2D eigenvalue weighted by atomic mass is 10.1. The molecular formula is C10H4F5N3O2. The minimum atomic E-state index is -2.27. The zero-order valence-corrected chi connectivity index (χ0v) is 9.41. The normalized spacial score (nSPS) is 10.8. The number of halogens is 5. The van der Waals surface area contributed by atoms with Crippen LogP contribution in [-0.4, -0.2) is 14.7 Å². The summed E-state index contributed by atoms with van der Waals surface area (Å²) in [7, 11) is 0. The van der Waals surface area contributed by atoms with E-state index in [0.29, 0.717) is 4.68 Å². The molecule has 0 bridgehead atoms. The van der Waals surface area contributed by atoms with Gasteiger partial charge in [0.05, 0.1) is 29.5 Å². The van der Waals surface area contributed by atoms with Gasteiger partial charge in [0.25, 0.3) is 0 Å². The van der Waals surface area contributed by atoms with Gasteiger partial charge < -0.3 is 10.1 Å². The Balaban J connectivity index is 2.45. The van der Waals surface area contributed by atoms with Crippen LogP contribution in [-0.2, 0) is 6.54 Å². The zero-order chi connectivity index (χ0) is 15.0. The van der Waals surface area contributed by atoms with Crippen LogP contribution in [0, 0.1) is 39.2 Å². The number of hydrogen-bond acceptors (Lipinski definition) is 3. The highest BCUT2D eigenvalue weighted by Crippen LogP contribution is 2.23. The maximum absolute atomic E-state index is 13.4. The third-order valence-corrected chi connectivity index (χ3v) is 2.43. The number of nitrogens with zero attached hydrogens (tertiary/aromatic N) is 3. The lowest BCUT2D eigenvalue weighted by Gasteiger charge is -2.06. The molecule has 1 aromatic carbocycles. The van der Waals surface area contributed by atoms with Gasteiger partial charge in [0.1, 0.15) is 0 Å². The van der Waals surface area contributed by atoms with Crippen molar-refractivity contribution in [1.82, 2.24) is 9.78 Å². The highest BCUT2D eigenvalue weighted by atomic mass is 19.2. The maximum atomic E-state index is 13.4. The molecule has 20 heavy (non-hydrogen) atoms. The number of aromatic nitrogens is 2. The molecule has 0 atom stereocenters. The molecule has 0 aliphatic carbocycles. The highest BCUT2D eigenvalue weighted by molar-refractivity contribution is 5.25. The monoisotopic (exact) mass is 293 g/mol. The quantitative estimate of drug-likeness (QED) is 0.287. The Kier molecular flexibility index (Phi) is 3.38. The fraction of sp³-hybridized carbons (Fsp3) is 0.100. The smallest absolute Gasteiger partial charge is 0.358 e. The van der Waals surface area contributed by atoms with Gasteiger partial charge in [-0.05, 0) is 4.92 Å². The number of rotatable bonds is 3. The van der Waals surface area contributed by atoms with Gasteiger partial charge in [0.2, 0.25) is 5.82 Å². The van der Waals surface area contributed by atoms with Crippen LogP contribution >= 0.6 is 0 Å². The Bertz CT molecular complexity index is 671. The van der Waals surface area contributed by atoms with Crippen molar-refractivity contribution in [3.05, 3.63) is 57.0 Å². The van der Waals surface area contributed by atoms with E-state index in [9.17, 15) is 32.1 Å². The van der Waals surface area contributed by atoms with E-state index in [1.165, 1.54) is 0 Å². The van der Waals surface area contributed by atoms with Crippen molar-refractivity contribution >= 4 is 5.82 Å².